The summed E-state index contributed by atoms with van der Waals surface area (Å²) in [5, 5.41) is 18.6. The molecule has 1 aliphatic heterocycles. The van der Waals surface area contributed by atoms with Gasteiger partial charge in [-0.2, -0.15) is 4.98 Å². The predicted molar refractivity (Wildman–Crippen MR) is 61.6 cm³/mol. The summed E-state index contributed by atoms with van der Waals surface area (Å²) in [4.78, 5) is 11.8. The molecule has 0 amide bonds. The van der Waals surface area contributed by atoms with Crippen LogP contribution in [0.1, 0.15) is 6.23 Å². The van der Waals surface area contributed by atoms with Crippen molar-refractivity contribution >= 4 is 17.1 Å². The van der Waals surface area contributed by atoms with Crippen LogP contribution in [-0.2, 0) is 4.74 Å². The first-order valence-electron chi connectivity index (χ1n) is 5.65. The third-order valence-corrected chi connectivity index (χ3v) is 3.08. The average molecular weight is 269 g/mol. The van der Waals surface area contributed by atoms with Gasteiger partial charge < -0.3 is 20.7 Å². The Balaban J connectivity index is 2.03. The van der Waals surface area contributed by atoms with Crippen molar-refractivity contribution in [2.45, 2.75) is 24.6 Å². The van der Waals surface area contributed by atoms with Gasteiger partial charge in [-0.1, -0.05) is 0 Å². The maximum atomic E-state index is 14.0. The maximum absolute atomic E-state index is 14.0. The summed E-state index contributed by atoms with van der Waals surface area (Å²) in [7, 11) is 0. The molecular weight excluding hydrogens is 257 g/mol. The van der Waals surface area contributed by atoms with Crippen LogP contribution in [0.3, 0.4) is 0 Å². The molecule has 0 unspecified atom stereocenters. The van der Waals surface area contributed by atoms with E-state index in [0.717, 1.165) is 0 Å². The van der Waals surface area contributed by atoms with Crippen LogP contribution in [0.4, 0.5) is 10.3 Å². The summed E-state index contributed by atoms with van der Waals surface area (Å²) >= 11 is 0. The van der Waals surface area contributed by atoms with Crippen LogP contribution in [0.15, 0.2) is 12.5 Å². The second-order valence-electron chi connectivity index (χ2n) is 4.27. The van der Waals surface area contributed by atoms with Gasteiger partial charge in [-0.3, -0.25) is 4.57 Å². The highest BCUT2D eigenvalue weighted by atomic mass is 19.1. The van der Waals surface area contributed by atoms with Crippen molar-refractivity contribution in [2.75, 3.05) is 12.3 Å². The van der Waals surface area contributed by atoms with Gasteiger partial charge in [0.2, 0.25) is 5.95 Å². The van der Waals surface area contributed by atoms with Crippen molar-refractivity contribution in [1.82, 2.24) is 19.5 Å². The Bertz CT molecular complexity index is 606. The minimum atomic E-state index is -1.69. The fourth-order valence-electron chi connectivity index (χ4n) is 2.10. The molecule has 1 aliphatic rings. The van der Waals surface area contributed by atoms with Crippen LogP contribution in [0.25, 0.3) is 11.2 Å². The molecule has 2 aromatic rings. The molecule has 0 radical (unpaired) electrons. The van der Waals surface area contributed by atoms with Crippen LogP contribution >= 0.6 is 0 Å². The number of hydrogen-bond acceptors (Lipinski definition) is 7. The number of nitrogens with zero attached hydrogens (tertiary/aromatic N) is 4. The number of ether oxygens (including phenoxy) is 1. The largest absolute Gasteiger partial charge is 0.394 e. The first-order chi connectivity index (χ1) is 9.11. The van der Waals surface area contributed by atoms with Gasteiger partial charge in [-0.25, -0.2) is 14.4 Å². The van der Waals surface area contributed by atoms with Crippen LogP contribution in [0, 0.1) is 0 Å². The van der Waals surface area contributed by atoms with Crippen LogP contribution < -0.4 is 5.73 Å². The topological polar surface area (TPSA) is 119 Å². The number of halogens is 1. The fraction of sp³-hybridized carbons (Fsp3) is 0.500. The number of aromatic nitrogens is 4. The molecule has 8 nitrogen and oxygen atoms in total. The normalized spacial score (nSPS) is 31.1. The number of nitrogen functional groups attached to an aromatic ring is 1. The summed E-state index contributed by atoms with van der Waals surface area (Å²) in [6, 6.07) is 0. The quantitative estimate of drug-likeness (QED) is 0.639. The van der Waals surface area contributed by atoms with E-state index in [1.54, 1.807) is 0 Å². The SMILES string of the molecule is Nc1ncc2ncn([C@@H]3O[C@H](CO)[C@@H](O)[C@@H]3F)c2n1. The molecule has 19 heavy (non-hydrogen) atoms. The molecule has 0 aliphatic carbocycles. The molecule has 4 atom stereocenters. The van der Waals surface area contributed by atoms with E-state index >= 15 is 0 Å². The van der Waals surface area contributed by atoms with Crippen LogP contribution in [-0.4, -0.2) is 54.7 Å². The van der Waals surface area contributed by atoms with Gasteiger partial charge in [0.25, 0.3) is 0 Å². The Kier molecular flexibility index (Phi) is 2.81. The molecule has 2 aromatic heterocycles. The molecule has 0 aromatic carbocycles. The number of fused-ring (bicyclic) bond motifs is 1. The highest BCUT2D eigenvalue weighted by molar-refractivity contribution is 5.70. The molecule has 0 spiro atoms. The van der Waals surface area contributed by atoms with Crippen molar-refractivity contribution in [2.24, 2.45) is 0 Å². The third-order valence-electron chi connectivity index (χ3n) is 3.08. The standard InChI is InChI=1S/C10H12FN5O3/c11-6-7(18)5(2-17)19-9(6)16-3-14-4-1-13-10(12)15-8(4)16/h1,3,5-7,9,17-18H,2H2,(H2,12,13,15)/t5-,6+,7-,9-/m1/s1. The lowest BCUT2D eigenvalue weighted by atomic mass is 10.1. The Morgan fingerprint density at radius 3 is 2.95 bits per heavy atom. The van der Waals surface area contributed by atoms with Gasteiger partial charge in [-0.05, 0) is 0 Å². The molecule has 9 heteroatoms. The van der Waals surface area contributed by atoms with Crippen LogP contribution in [0.5, 0.6) is 0 Å². The lowest BCUT2D eigenvalue weighted by molar-refractivity contribution is -0.0459. The molecule has 0 bridgehead atoms. The van der Waals surface area contributed by atoms with Crippen LogP contribution in [0.2, 0.25) is 0 Å². The number of aliphatic hydroxyl groups is 2. The fourth-order valence-corrected chi connectivity index (χ4v) is 2.10. The Labute approximate surface area is 106 Å². The van der Waals surface area contributed by atoms with Gasteiger partial charge in [0.05, 0.1) is 19.1 Å². The maximum Gasteiger partial charge on any atom is 0.222 e. The number of imidazole rings is 1. The Hall–Kier alpha value is -1.84. The first kappa shape index (κ1) is 12.2. The van der Waals surface area contributed by atoms with E-state index in [0.29, 0.717) is 11.2 Å². The third kappa shape index (κ3) is 1.82. The highest BCUT2D eigenvalue weighted by Gasteiger charge is 2.45. The van der Waals surface area contributed by atoms with E-state index in [1.807, 2.05) is 0 Å². The van der Waals surface area contributed by atoms with Crippen molar-refractivity contribution < 1.29 is 19.3 Å². The lowest BCUT2D eigenvalue weighted by Crippen LogP contribution is -2.30. The van der Waals surface area contributed by atoms with E-state index in [9.17, 15) is 9.50 Å². The predicted octanol–water partition coefficient (Wildman–Crippen LogP) is -1.00. The number of alkyl halides is 1. The summed E-state index contributed by atoms with van der Waals surface area (Å²) in [6.45, 7) is -0.470. The van der Waals surface area contributed by atoms with E-state index < -0.39 is 31.2 Å². The van der Waals surface area contributed by atoms with E-state index in [2.05, 4.69) is 15.0 Å². The molecule has 1 saturated heterocycles. The van der Waals surface area contributed by atoms with Gasteiger partial charge in [0.15, 0.2) is 18.0 Å². The number of hydrogen-bond donors (Lipinski definition) is 3. The monoisotopic (exact) mass is 269 g/mol. The van der Waals surface area contributed by atoms with Gasteiger partial charge in [-0.15, -0.1) is 0 Å². The van der Waals surface area contributed by atoms with E-state index in [4.69, 9.17) is 15.6 Å². The number of anilines is 1. The number of rotatable bonds is 2. The highest BCUT2D eigenvalue weighted by Crippen LogP contribution is 2.33. The first-order valence-corrected chi connectivity index (χ1v) is 5.65. The Morgan fingerprint density at radius 1 is 1.47 bits per heavy atom. The smallest absolute Gasteiger partial charge is 0.222 e. The zero-order chi connectivity index (χ0) is 13.6. The van der Waals surface area contributed by atoms with Crippen molar-refractivity contribution in [3.63, 3.8) is 0 Å². The molecule has 3 rings (SSSR count). The summed E-state index contributed by atoms with van der Waals surface area (Å²) in [5.41, 5.74) is 6.23. The molecular formula is C10H12FN5O3. The van der Waals surface area contributed by atoms with Crippen molar-refractivity contribution in [3.8, 4) is 0 Å². The lowest BCUT2D eigenvalue weighted by Gasteiger charge is -2.14. The second-order valence-corrected chi connectivity index (χ2v) is 4.27. The van der Waals surface area contributed by atoms with Crippen molar-refractivity contribution in [1.29, 1.82) is 0 Å². The average Bonchev–Trinajstić information content (AvgIpc) is 2.92. The zero-order valence-electron chi connectivity index (χ0n) is 9.72. The number of aliphatic hydroxyl groups excluding tert-OH is 2. The summed E-state index contributed by atoms with van der Waals surface area (Å²) in [6.07, 6.45) is -2.42. The summed E-state index contributed by atoms with van der Waals surface area (Å²) in [5.74, 6) is 0.0295. The van der Waals surface area contributed by atoms with Gasteiger partial charge in [0, 0.05) is 0 Å². The van der Waals surface area contributed by atoms with E-state index in [-0.39, 0.29) is 5.95 Å². The van der Waals surface area contributed by atoms with Gasteiger partial charge in [0.1, 0.15) is 17.7 Å². The minimum Gasteiger partial charge on any atom is -0.394 e. The molecule has 3 heterocycles. The Morgan fingerprint density at radius 2 is 2.26 bits per heavy atom. The molecule has 102 valence electrons. The zero-order valence-corrected chi connectivity index (χ0v) is 9.72. The minimum absolute atomic E-state index is 0.0295. The second kappa shape index (κ2) is 4.37. The molecule has 1 fully saturated rings. The number of nitrogens with two attached hydrogens (primary N) is 1. The van der Waals surface area contributed by atoms with E-state index in [1.165, 1.54) is 17.1 Å². The summed E-state index contributed by atoms with van der Waals surface area (Å²) < 4.78 is 20.6. The van der Waals surface area contributed by atoms with Crippen molar-refractivity contribution in [3.05, 3.63) is 12.5 Å². The molecule has 0 saturated carbocycles. The van der Waals surface area contributed by atoms with Gasteiger partial charge >= 0.3 is 0 Å². The molecule has 4 N–H and O–H groups in total.